The number of hydrogen-bond acceptors (Lipinski definition) is 3. The molecule has 2 unspecified atom stereocenters. The van der Waals surface area contributed by atoms with Gasteiger partial charge in [0, 0.05) is 12.5 Å². The number of amides is 1. The van der Waals surface area contributed by atoms with Crippen LogP contribution in [0.2, 0.25) is 0 Å². The zero-order valence-electron chi connectivity index (χ0n) is 10.2. The van der Waals surface area contributed by atoms with Crippen LogP contribution >= 0.6 is 0 Å². The number of quaternary nitrogens is 1. The SMILES string of the molecule is C[N+](C)(/C=C\C(N)=NC=O)C1CCC(CO)O1. The molecule has 1 heterocycles. The van der Waals surface area contributed by atoms with Crippen molar-refractivity contribution in [1.29, 1.82) is 0 Å². The topological polar surface area (TPSA) is 84.9 Å². The van der Waals surface area contributed by atoms with Gasteiger partial charge in [-0.15, -0.1) is 0 Å². The molecule has 0 aliphatic carbocycles. The Bertz CT molecular complexity index is 326. The van der Waals surface area contributed by atoms with Crippen LogP contribution in [-0.4, -0.2) is 54.9 Å². The molecule has 1 aliphatic rings. The largest absolute Gasteiger partial charge is 0.394 e. The number of nitrogens with two attached hydrogens (primary N) is 1. The van der Waals surface area contributed by atoms with Crippen molar-refractivity contribution >= 4 is 12.2 Å². The van der Waals surface area contributed by atoms with Crippen molar-refractivity contribution in [2.75, 3.05) is 20.7 Å². The molecule has 0 aromatic rings. The van der Waals surface area contributed by atoms with Crippen molar-refractivity contribution in [3.05, 3.63) is 12.3 Å². The van der Waals surface area contributed by atoms with Crippen LogP contribution in [0.5, 0.6) is 0 Å². The van der Waals surface area contributed by atoms with Gasteiger partial charge in [0.05, 0.1) is 26.8 Å². The summed E-state index contributed by atoms with van der Waals surface area (Å²) in [6.45, 7) is 0.0505. The van der Waals surface area contributed by atoms with Gasteiger partial charge in [0.25, 0.3) is 0 Å². The maximum absolute atomic E-state index is 10.1. The monoisotopic (exact) mass is 242 g/mol. The molecule has 0 aromatic carbocycles. The molecule has 1 saturated heterocycles. The number of hydrogen-bond donors (Lipinski definition) is 2. The Labute approximate surface area is 101 Å². The van der Waals surface area contributed by atoms with Crippen molar-refractivity contribution in [1.82, 2.24) is 0 Å². The highest BCUT2D eigenvalue weighted by molar-refractivity contribution is 5.95. The Morgan fingerprint density at radius 3 is 2.82 bits per heavy atom. The molecule has 1 fully saturated rings. The van der Waals surface area contributed by atoms with E-state index in [0.29, 0.717) is 10.9 Å². The molecule has 1 amide bonds. The van der Waals surface area contributed by atoms with Crippen LogP contribution < -0.4 is 5.73 Å². The third kappa shape index (κ3) is 3.92. The summed E-state index contributed by atoms with van der Waals surface area (Å²) in [5, 5.41) is 9.01. The molecule has 2 atom stereocenters. The van der Waals surface area contributed by atoms with Gasteiger partial charge in [-0.3, -0.25) is 9.28 Å². The molecule has 0 spiro atoms. The highest BCUT2D eigenvalue weighted by Crippen LogP contribution is 2.25. The number of ether oxygens (including phenoxy) is 1. The molecule has 6 heteroatoms. The molecule has 17 heavy (non-hydrogen) atoms. The molecule has 1 aliphatic heterocycles. The van der Waals surface area contributed by atoms with Crippen molar-refractivity contribution < 1.29 is 19.1 Å². The second kappa shape index (κ2) is 5.90. The van der Waals surface area contributed by atoms with Gasteiger partial charge in [-0.05, 0) is 6.42 Å². The van der Waals surface area contributed by atoms with Crippen LogP contribution in [0.1, 0.15) is 12.8 Å². The number of rotatable bonds is 5. The zero-order chi connectivity index (χ0) is 12.9. The van der Waals surface area contributed by atoms with Crippen LogP contribution in [0, 0.1) is 0 Å². The number of nitrogens with zero attached hydrogens (tertiary/aromatic N) is 2. The first-order valence-electron chi connectivity index (χ1n) is 5.55. The lowest BCUT2D eigenvalue weighted by Crippen LogP contribution is -2.44. The van der Waals surface area contributed by atoms with Crippen molar-refractivity contribution in [2.24, 2.45) is 10.7 Å². The van der Waals surface area contributed by atoms with Crippen molar-refractivity contribution in [3.63, 3.8) is 0 Å². The lowest BCUT2D eigenvalue weighted by molar-refractivity contribution is -0.889. The lowest BCUT2D eigenvalue weighted by Gasteiger charge is -2.31. The summed E-state index contributed by atoms with van der Waals surface area (Å²) in [6.07, 6.45) is 5.48. The molecule has 0 bridgehead atoms. The lowest BCUT2D eigenvalue weighted by atomic mass is 10.2. The van der Waals surface area contributed by atoms with Crippen LogP contribution in [0.15, 0.2) is 17.3 Å². The Kier molecular flexibility index (Phi) is 4.80. The Morgan fingerprint density at radius 2 is 2.29 bits per heavy atom. The maximum atomic E-state index is 10.1. The van der Waals surface area contributed by atoms with E-state index >= 15 is 0 Å². The third-order valence-electron chi connectivity index (χ3n) is 2.86. The molecular formula is C11H20N3O3+. The average Bonchev–Trinajstić information content (AvgIpc) is 2.76. The van der Waals surface area contributed by atoms with E-state index in [9.17, 15) is 4.79 Å². The van der Waals surface area contributed by atoms with Gasteiger partial charge in [-0.25, -0.2) is 0 Å². The molecule has 6 nitrogen and oxygen atoms in total. The number of aliphatic imine (C=N–C) groups is 1. The molecule has 0 aromatic heterocycles. The van der Waals surface area contributed by atoms with Crippen LogP contribution in [-0.2, 0) is 9.53 Å². The van der Waals surface area contributed by atoms with Crippen molar-refractivity contribution in [3.8, 4) is 0 Å². The predicted molar refractivity (Wildman–Crippen MR) is 63.9 cm³/mol. The van der Waals surface area contributed by atoms with Gasteiger partial charge in [-0.1, -0.05) is 0 Å². The van der Waals surface area contributed by atoms with Gasteiger partial charge in [-0.2, -0.15) is 4.99 Å². The summed E-state index contributed by atoms with van der Waals surface area (Å²) in [4.78, 5) is 13.5. The summed E-state index contributed by atoms with van der Waals surface area (Å²) >= 11 is 0. The number of carbonyl (C=O) groups is 1. The molecule has 96 valence electrons. The van der Waals surface area contributed by atoms with Crippen LogP contribution in [0.3, 0.4) is 0 Å². The van der Waals surface area contributed by atoms with E-state index in [0.717, 1.165) is 12.8 Å². The third-order valence-corrected chi connectivity index (χ3v) is 2.86. The Morgan fingerprint density at radius 1 is 1.59 bits per heavy atom. The number of aliphatic hydroxyl groups excluding tert-OH is 1. The second-order valence-electron chi connectivity index (χ2n) is 4.58. The first kappa shape index (κ1) is 13.8. The van der Waals surface area contributed by atoms with Gasteiger partial charge < -0.3 is 15.6 Å². The first-order valence-corrected chi connectivity index (χ1v) is 5.55. The fraction of sp³-hybridized carbons (Fsp3) is 0.636. The second-order valence-corrected chi connectivity index (χ2v) is 4.58. The number of carbonyl (C=O) groups excluding carboxylic acids is 1. The van der Waals surface area contributed by atoms with Crippen LogP contribution in [0.25, 0.3) is 0 Å². The van der Waals surface area contributed by atoms with E-state index in [1.54, 1.807) is 6.08 Å². The van der Waals surface area contributed by atoms with Gasteiger partial charge >= 0.3 is 0 Å². The van der Waals surface area contributed by atoms with E-state index in [1.165, 1.54) is 0 Å². The highest BCUT2D eigenvalue weighted by atomic mass is 16.5. The molecular weight excluding hydrogens is 222 g/mol. The summed E-state index contributed by atoms with van der Waals surface area (Å²) in [6, 6.07) is 0. The van der Waals surface area contributed by atoms with E-state index in [-0.39, 0.29) is 24.8 Å². The standard InChI is InChI=1S/C11H19N3O3/c1-14(2,6-5-10(12)13-8-16)11-4-3-9(7-15)17-11/h5-6,8-9,11,15H,3-4,7H2,1-2H3,(H-,12,13,16)/p+1/b6-5-. The van der Waals surface area contributed by atoms with Crippen molar-refractivity contribution in [2.45, 2.75) is 25.2 Å². The van der Waals surface area contributed by atoms with Gasteiger partial charge in [0.2, 0.25) is 6.41 Å². The first-order chi connectivity index (χ1) is 7.99. The summed E-state index contributed by atoms with van der Waals surface area (Å²) in [5.41, 5.74) is 5.48. The average molecular weight is 242 g/mol. The van der Waals surface area contributed by atoms with E-state index in [2.05, 4.69) is 4.99 Å². The minimum atomic E-state index is -0.0770. The molecule has 1 rings (SSSR count). The zero-order valence-corrected chi connectivity index (χ0v) is 10.2. The summed E-state index contributed by atoms with van der Waals surface area (Å²) < 4.78 is 6.17. The normalized spacial score (nSPS) is 26.6. The minimum absolute atomic E-state index is 0.00701. The summed E-state index contributed by atoms with van der Waals surface area (Å²) in [7, 11) is 3.93. The maximum Gasteiger partial charge on any atom is 0.234 e. The smallest absolute Gasteiger partial charge is 0.234 e. The van der Waals surface area contributed by atoms with Crippen LogP contribution in [0.4, 0.5) is 0 Å². The molecule has 0 radical (unpaired) electrons. The molecule has 0 saturated carbocycles. The van der Waals surface area contributed by atoms with Gasteiger partial charge in [0.1, 0.15) is 12.0 Å². The fourth-order valence-electron chi connectivity index (χ4n) is 1.78. The summed E-state index contributed by atoms with van der Waals surface area (Å²) in [5.74, 6) is 0.169. The number of amidine groups is 1. The highest BCUT2D eigenvalue weighted by Gasteiger charge is 2.35. The fourth-order valence-corrected chi connectivity index (χ4v) is 1.78. The van der Waals surface area contributed by atoms with E-state index < -0.39 is 0 Å². The quantitative estimate of drug-likeness (QED) is 0.297. The number of aliphatic hydroxyl groups is 1. The van der Waals surface area contributed by atoms with E-state index in [1.807, 2.05) is 20.3 Å². The Balaban J connectivity index is 2.62. The minimum Gasteiger partial charge on any atom is -0.394 e. The molecule has 3 N–H and O–H groups in total. The van der Waals surface area contributed by atoms with Gasteiger partial charge in [0.15, 0.2) is 6.23 Å². The predicted octanol–water partition coefficient (Wildman–Crippen LogP) is -0.412. The van der Waals surface area contributed by atoms with E-state index in [4.69, 9.17) is 15.6 Å². The Hall–Kier alpha value is -1.24.